The molecule has 39 heavy (non-hydrogen) atoms. The largest absolute Gasteiger partial charge is 0.457 e. The smallest absolute Gasteiger partial charge is 0.246 e. The van der Waals surface area contributed by atoms with Crippen molar-refractivity contribution in [2.75, 3.05) is 33.4 Å². The number of ether oxygens (including phenoxy) is 1. The predicted molar refractivity (Wildman–Crippen MR) is 153 cm³/mol. The van der Waals surface area contributed by atoms with Gasteiger partial charge >= 0.3 is 0 Å². The van der Waals surface area contributed by atoms with Gasteiger partial charge in [0, 0.05) is 31.3 Å². The number of nitrogens with two attached hydrogens (primary N) is 1. The molecule has 202 valence electrons. The first-order valence-electron chi connectivity index (χ1n) is 13.3. The Kier molecular flexibility index (Phi) is 7.88. The topological polar surface area (TPSA) is 102 Å². The van der Waals surface area contributed by atoms with Crippen LogP contribution in [0.25, 0.3) is 22.3 Å². The summed E-state index contributed by atoms with van der Waals surface area (Å²) in [6, 6.07) is 17.9. The molecule has 4 aromatic rings. The molecule has 1 aliphatic rings. The summed E-state index contributed by atoms with van der Waals surface area (Å²) < 4.78 is 7.96. The summed E-state index contributed by atoms with van der Waals surface area (Å²) in [6.07, 6.45) is 8.67. The third kappa shape index (κ3) is 5.93. The number of nitrogen functional groups attached to an aromatic ring is 1. The number of likely N-dealkylation sites (N-methyl/N-ethyl adjacent to an activating group) is 2. The fourth-order valence-electron chi connectivity index (χ4n) is 5.11. The van der Waals surface area contributed by atoms with Gasteiger partial charge in [0.1, 0.15) is 29.3 Å². The molecule has 0 spiro atoms. The van der Waals surface area contributed by atoms with Gasteiger partial charge in [-0.25, -0.2) is 14.6 Å². The van der Waals surface area contributed by atoms with Crippen molar-refractivity contribution in [1.82, 2.24) is 29.5 Å². The summed E-state index contributed by atoms with van der Waals surface area (Å²) >= 11 is 0. The number of anilines is 1. The molecule has 1 amide bonds. The Labute approximate surface area is 228 Å². The van der Waals surface area contributed by atoms with E-state index in [1.165, 1.54) is 6.33 Å². The Morgan fingerprint density at radius 3 is 2.38 bits per heavy atom. The van der Waals surface area contributed by atoms with Crippen LogP contribution < -0.4 is 10.5 Å². The molecule has 2 heterocycles. The fraction of sp³-hybridized carbons (Fsp3) is 0.333. The Morgan fingerprint density at radius 1 is 1.00 bits per heavy atom. The van der Waals surface area contributed by atoms with Crippen LogP contribution in [0.15, 0.2) is 73.1 Å². The molecule has 2 aromatic carbocycles. The molecule has 9 heteroatoms. The average Bonchev–Trinajstić information content (AvgIpc) is 3.34. The van der Waals surface area contributed by atoms with Crippen LogP contribution in [0.5, 0.6) is 11.5 Å². The number of hydrogen-bond donors (Lipinski definition) is 1. The number of fused-ring (bicyclic) bond motifs is 1. The first-order valence-corrected chi connectivity index (χ1v) is 13.3. The van der Waals surface area contributed by atoms with Gasteiger partial charge < -0.3 is 20.3 Å². The Balaban J connectivity index is 1.33. The number of hydrogen-bond acceptors (Lipinski definition) is 7. The highest BCUT2D eigenvalue weighted by Crippen LogP contribution is 2.37. The van der Waals surface area contributed by atoms with E-state index < -0.39 is 0 Å². The number of carbonyl (C=O) groups excluding carboxylic acids is 1. The Bertz CT molecular complexity index is 1440. The summed E-state index contributed by atoms with van der Waals surface area (Å²) in [4.78, 5) is 25.4. The van der Waals surface area contributed by atoms with Crippen molar-refractivity contribution in [2.45, 2.75) is 37.8 Å². The monoisotopic (exact) mass is 525 g/mol. The van der Waals surface area contributed by atoms with E-state index in [4.69, 9.17) is 15.6 Å². The molecule has 2 N–H and O–H groups in total. The molecule has 0 saturated heterocycles. The Hall–Kier alpha value is -4.24. The predicted octanol–water partition coefficient (Wildman–Crippen LogP) is 4.93. The number of amides is 1. The SMILES string of the molecule is CN(C)C/C=C/C(=O)N(C)[C@H]1CC[C@@H](n2nc(-c3ccc(Oc4ccccc4)cc3)c3c(N)ncnc32)CC1. The van der Waals surface area contributed by atoms with Crippen LogP contribution in [-0.2, 0) is 4.79 Å². The van der Waals surface area contributed by atoms with Gasteiger partial charge in [-0.3, -0.25) is 4.79 Å². The van der Waals surface area contributed by atoms with Gasteiger partial charge in [-0.15, -0.1) is 0 Å². The lowest BCUT2D eigenvalue weighted by atomic mass is 9.90. The van der Waals surface area contributed by atoms with Crippen molar-refractivity contribution in [3.8, 4) is 22.8 Å². The minimum Gasteiger partial charge on any atom is -0.457 e. The zero-order valence-corrected chi connectivity index (χ0v) is 22.7. The lowest BCUT2D eigenvalue weighted by molar-refractivity contribution is -0.127. The van der Waals surface area contributed by atoms with Gasteiger partial charge in [0.15, 0.2) is 5.65 Å². The second kappa shape index (κ2) is 11.7. The van der Waals surface area contributed by atoms with Crippen molar-refractivity contribution in [2.24, 2.45) is 0 Å². The summed E-state index contributed by atoms with van der Waals surface area (Å²) in [7, 11) is 5.87. The first kappa shape index (κ1) is 26.4. The molecule has 5 rings (SSSR count). The van der Waals surface area contributed by atoms with E-state index in [0.717, 1.165) is 66.0 Å². The summed E-state index contributed by atoms with van der Waals surface area (Å²) in [6.45, 7) is 0.745. The highest BCUT2D eigenvalue weighted by atomic mass is 16.5. The van der Waals surface area contributed by atoms with Crippen LogP contribution in [0.4, 0.5) is 5.82 Å². The van der Waals surface area contributed by atoms with Crippen LogP contribution >= 0.6 is 0 Å². The number of rotatable bonds is 8. The van der Waals surface area contributed by atoms with Crippen molar-refractivity contribution < 1.29 is 9.53 Å². The summed E-state index contributed by atoms with van der Waals surface area (Å²) in [5.74, 6) is 1.98. The van der Waals surface area contributed by atoms with Gasteiger partial charge in [0.05, 0.1) is 11.4 Å². The average molecular weight is 526 g/mol. The Morgan fingerprint density at radius 2 is 1.69 bits per heavy atom. The molecular formula is C30H35N7O2. The third-order valence-electron chi connectivity index (χ3n) is 7.26. The lowest BCUT2D eigenvalue weighted by Crippen LogP contribution is -2.39. The molecule has 0 unspecified atom stereocenters. The lowest BCUT2D eigenvalue weighted by Gasteiger charge is -2.34. The molecule has 0 atom stereocenters. The number of aromatic nitrogens is 4. The van der Waals surface area contributed by atoms with Crippen molar-refractivity contribution >= 4 is 22.8 Å². The zero-order chi connectivity index (χ0) is 27.4. The number of benzene rings is 2. The van der Waals surface area contributed by atoms with Crippen molar-refractivity contribution in [1.29, 1.82) is 0 Å². The number of nitrogens with zero attached hydrogens (tertiary/aromatic N) is 6. The molecule has 0 bridgehead atoms. The van der Waals surface area contributed by atoms with Crippen LogP contribution in [0.2, 0.25) is 0 Å². The molecule has 0 radical (unpaired) electrons. The second-order valence-electron chi connectivity index (χ2n) is 10.3. The van der Waals surface area contributed by atoms with Crippen LogP contribution in [0.1, 0.15) is 31.7 Å². The van der Waals surface area contributed by atoms with Gasteiger partial charge in [0.2, 0.25) is 5.91 Å². The maximum absolute atomic E-state index is 12.6. The fourth-order valence-corrected chi connectivity index (χ4v) is 5.11. The van der Waals surface area contributed by atoms with E-state index >= 15 is 0 Å². The normalized spacial score (nSPS) is 17.6. The molecule has 2 aromatic heterocycles. The highest BCUT2D eigenvalue weighted by molar-refractivity contribution is 5.98. The van der Waals surface area contributed by atoms with Gasteiger partial charge in [-0.05, 0) is 76.2 Å². The van der Waals surface area contributed by atoms with E-state index in [-0.39, 0.29) is 18.0 Å². The van der Waals surface area contributed by atoms with Crippen molar-refractivity contribution in [3.05, 3.63) is 73.1 Å². The molecular weight excluding hydrogens is 490 g/mol. The van der Waals surface area contributed by atoms with E-state index in [1.807, 2.05) is 96.3 Å². The second-order valence-corrected chi connectivity index (χ2v) is 10.3. The molecule has 1 fully saturated rings. The highest BCUT2D eigenvalue weighted by Gasteiger charge is 2.29. The molecule has 9 nitrogen and oxygen atoms in total. The first-order chi connectivity index (χ1) is 18.9. The standard InChI is InChI=1S/C30H35N7O2/c1-35(2)19-7-10-26(38)36(3)22-13-15-23(16-14-22)37-30-27(29(31)32-20-33-30)28(34-37)21-11-17-25(18-12-21)39-24-8-5-4-6-9-24/h4-12,17-18,20,22-23H,13-16,19H2,1-3H3,(H2,31,32,33)/b10-7+/t22-,23+. The van der Waals surface area contributed by atoms with E-state index in [2.05, 4.69) is 9.97 Å². The third-order valence-corrected chi connectivity index (χ3v) is 7.26. The van der Waals surface area contributed by atoms with E-state index in [1.54, 1.807) is 6.08 Å². The van der Waals surface area contributed by atoms with Crippen LogP contribution in [-0.4, -0.2) is 69.2 Å². The number of carbonyl (C=O) groups is 1. The number of para-hydroxylation sites is 1. The molecule has 0 aliphatic heterocycles. The maximum Gasteiger partial charge on any atom is 0.246 e. The minimum absolute atomic E-state index is 0.0485. The molecule has 1 aliphatic carbocycles. The van der Waals surface area contributed by atoms with E-state index in [9.17, 15) is 4.79 Å². The van der Waals surface area contributed by atoms with Gasteiger partial charge in [-0.1, -0.05) is 24.3 Å². The van der Waals surface area contributed by atoms with E-state index in [0.29, 0.717) is 5.82 Å². The van der Waals surface area contributed by atoms with Gasteiger partial charge in [-0.2, -0.15) is 5.10 Å². The van der Waals surface area contributed by atoms with Crippen molar-refractivity contribution in [3.63, 3.8) is 0 Å². The molecule has 1 saturated carbocycles. The van der Waals surface area contributed by atoms with Crippen LogP contribution in [0, 0.1) is 0 Å². The quantitative estimate of drug-likeness (QED) is 0.326. The van der Waals surface area contributed by atoms with Gasteiger partial charge in [0.25, 0.3) is 0 Å². The summed E-state index contributed by atoms with van der Waals surface area (Å²) in [5.41, 5.74) is 8.76. The zero-order valence-electron chi connectivity index (χ0n) is 22.7. The van der Waals surface area contributed by atoms with Crippen LogP contribution in [0.3, 0.4) is 0 Å². The summed E-state index contributed by atoms with van der Waals surface area (Å²) in [5, 5.41) is 5.78. The minimum atomic E-state index is 0.0485. The maximum atomic E-state index is 12.6.